The lowest BCUT2D eigenvalue weighted by molar-refractivity contribution is -0.134. The molecule has 6 heteroatoms. The molecule has 0 aromatic heterocycles. The third-order valence-corrected chi connectivity index (χ3v) is 4.48. The second kappa shape index (κ2) is 8.02. The molecule has 0 heterocycles. The van der Waals surface area contributed by atoms with Crippen LogP contribution >= 0.6 is 23.2 Å². The number of benzene rings is 1. The molecule has 126 valence electrons. The Labute approximate surface area is 147 Å². The van der Waals surface area contributed by atoms with Gasteiger partial charge in [-0.25, -0.2) is 0 Å². The normalized spacial score (nSPS) is 19.3. The summed E-state index contributed by atoms with van der Waals surface area (Å²) < 4.78 is 0. The first kappa shape index (κ1) is 18.1. The molecule has 1 aromatic rings. The fourth-order valence-electron chi connectivity index (χ4n) is 2.68. The average molecular weight is 357 g/mol. The van der Waals surface area contributed by atoms with Gasteiger partial charge in [0.05, 0.1) is 22.5 Å². The van der Waals surface area contributed by atoms with E-state index in [1.54, 1.807) is 18.2 Å². The highest BCUT2D eigenvalue weighted by Crippen LogP contribution is 2.41. The Hall–Kier alpha value is -1.26. The Morgan fingerprint density at radius 1 is 1.17 bits per heavy atom. The number of amides is 2. The molecule has 1 aromatic carbocycles. The summed E-state index contributed by atoms with van der Waals surface area (Å²) in [6.45, 7) is 5.60. The highest BCUT2D eigenvalue weighted by Gasteiger charge is 2.49. The molecule has 1 aliphatic carbocycles. The minimum absolute atomic E-state index is 0.0936. The smallest absolute Gasteiger partial charge is 0.228 e. The van der Waals surface area contributed by atoms with Crippen molar-refractivity contribution in [2.75, 3.05) is 18.4 Å². The van der Waals surface area contributed by atoms with Crippen LogP contribution < -0.4 is 5.32 Å². The van der Waals surface area contributed by atoms with Crippen molar-refractivity contribution in [3.05, 3.63) is 28.2 Å². The largest absolute Gasteiger partial charge is 0.342 e. The summed E-state index contributed by atoms with van der Waals surface area (Å²) in [5.74, 6) is -0.513. The van der Waals surface area contributed by atoms with Gasteiger partial charge in [-0.15, -0.1) is 0 Å². The number of nitrogens with zero attached hydrogens (tertiary/aromatic N) is 1. The number of anilines is 1. The molecular weight excluding hydrogens is 335 g/mol. The van der Waals surface area contributed by atoms with Crippen molar-refractivity contribution in [1.29, 1.82) is 0 Å². The van der Waals surface area contributed by atoms with E-state index < -0.39 is 0 Å². The van der Waals surface area contributed by atoms with Crippen molar-refractivity contribution in [3.63, 3.8) is 0 Å². The SMILES string of the molecule is CCCN(CCC)C(=O)C1CC1C(=O)Nc1ccc(Cl)cc1Cl. The molecule has 1 aliphatic rings. The Balaban J connectivity index is 1.94. The molecule has 0 aliphatic heterocycles. The van der Waals surface area contributed by atoms with Crippen LogP contribution in [0.2, 0.25) is 10.0 Å². The van der Waals surface area contributed by atoms with E-state index in [4.69, 9.17) is 23.2 Å². The number of hydrogen-bond donors (Lipinski definition) is 1. The second-order valence-corrected chi connectivity index (χ2v) is 6.73. The van der Waals surface area contributed by atoms with Gasteiger partial charge in [0, 0.05) is 18.1 Å². The molecule has 4 nitrogen and oxygen atoms in total. The maximum atomic E-state index is 12.5. The molecule has 23 heavy (non-hydrogen) atoms. The Kier molecular flexibility index (Phi) is 6.31. The molecule has 0 radical (unpaired) electrons. The van der Waals surface area contributed by atoms with E-state index in [9.17, 15) is 9.59 Å². The van der Waals surface area contributed by atoms with Gasteiger partial charge in [-0.05, 0) is 37.5 Å². The number of carbonyl (C=O) groups is 2. The van der Waals surface area contributed by atoms with Crippen molar-refractivity contribution in [3.8, 4) is 0 Å². The van der Waals surface area contributed by atoms with Crippen molar-refractivity contribution in [2.24, 2.45) is 11.8 Å². The molecule has 2 amide bonds. The van der Waals surface area contributed by atoms with E-state index in [0.29, 0.717) is 22.2 Å². The Morgan fingerprint density at radius 2 is 1.83 bits per heavy atom. The third-order valence-electron chi connectivity index (χ3n) is 3.93. The van der Waals surface area contributed by atoms with Crippen molar-refractivity contribution in [2.45, 2.75) is 33.1 Å². The number of nitrogens with one attached hydrogen (secondary N) is 1. The number of rotatable bonds is 7. The highest BCUT2D eigenvalue weighted by atomic mass is 35.5. The summed E-state index contributed by atoms with van der Waals surface area (Å²) in [6.07, 6.45) is 2.46. The van der Waals surface area contributed by atoms with Gasteiger partial charge in [-0.1, -0.05) is 37.0 Å². The zero-order chi connectivity index (χ0) is 17.0. The van der Waals surface area contributed by atoms with Gasteiger partial charge in [0.25, 0.3) is 0 Å². The third kappa shape index (κ3) is 4.61. The quantitative estimate of drug-likeness (QED) is 0.794. The maximum absolute atomic E-state index is 12.5. The van der Waals surface area contributed by atoms with E-state index in [1.165, 1.54) is 0 Å². The molecule has 2 unspecified atom stereocenters. The molecule has 1 N–H and O–H groups in total. The molecule has 0 bridgehead atoms. The van der Waals surface area contributed by atoms with Crippen LogP contribution in [-0.4, -0.2) is 29.8 Å². The van der Waals surface area contributed by atoms with Gasteiger partial charge in [0.2, 0.25) is 11.8 Å². The van der Waals surface area contributed by atoms with Gasteiger partial charge in [0.1, 0.15) is 0 Å². The minimum atomic E-state index is -0.259. The van der Waals surface area contributed by atoms with Crippen LogP contribution in [0.4, 0.5) is 5.69 Å². The summed E-state index contributed by atoms with van der Waals surface area (Å²) in [6, 6.07) is 4.92. The molecule has 0 spiro atoms. The monoisotopic (exact) mass is 356 g/mol. The fourth-order valence-corrected chi connectivity index (χ4v) is 3.14. The predicted octanol–water partition coefficient (Wildman–Crippen LogP) is 4.22. The molecule has 0 saturated heterocycles. The minimum Gasteiger partial charge on any atom is -0.342 e. The Morgan fingerprint density at radius 3 is 2.39 bits per heavy atom. The zero-order valence-corrected chi connectivity index (χ0v) is 15.0. The van der Waals surface area contributed by atoms with E-state index >= 15 is 0 Å². The van der Waals surface area contributed by atoms with Gasteiger partial charge >= 0.3 is 0 Å². The average Bonchev–Trinajstić information content (AvgIpc) is 3.30. The van der Waals surface area contributed by atoms with Crippen molar-refractivity contribution < 1.29 is 9.59 Å². The van der Waals surface area contributed by atoms with Crippen LogP contribution in [-0.2, 0) is 9.59 Å². The van der Waals surface area contributed by atoms with Crippen LogP contribution in [0.15, 0.2) is 18.2 Å². The molecule has 2 atom stereocenters. The van der Waals surface area contributed by atoms with Crippen molar-refractivity contribution >= 4 is 40.7 Å². The van der Waals surface area contributed by atoms with Crippen LogP contribution in [0, 0.1) is 11.8 Å². The lowest BCUT2D eigenvalue weighted by Gasteiger charge is -2.21. The first-order valence-corrected chi connectivity index (χ1v) is 8.78. The summed E-state index contributed by atoms with van der Waals surface area (Å²) >= 11 is 11.9. The summed E-state index contributed by atoms with van der Waals surface area (Å²) in [4.78, 5) is 26.6. The predicted molar refractivity (Wildman–Crippen MR) is 93.9 cm³/mol. The van der Waals surface area contributed by atoms with E-state index in [-0.39, 0.29) is 23.7 Å². The van der Waals surface area contributed by atoms with Crippen molar-refractivity contribution in [1.82, 2.24) is 4.90 Å². The Bertz CT molecular complexity index is 586. The van der Waals surface area contributed by atoms with E-state index in [1.807, 2.05) is 4.90 Å². The number of halogens is 2. The first-order chi connectivity index (χ1) is 11.0. The first-order valence-electron chi connectivity index (χ1n) is 8.02. The number of hydrogen-bond acceptors (Lipinski definition) is 2. The second-order valence-electron chi connectivity index (χ2n) is 5.89. The van der Waals surface area contributed by atoms with Gasteiger partial charge < -0.3 is 10.2 Å². The van der Waals surface area contributed by atoms with E-state index in [2.05, 4.69) is 19.2 Å². The van der Waals surface area contributed by atoms with E-state index in [0.717, 1.165) is 25.9 Å². The lowest BCUT2D eigenvalue weighted by atomic mass is 10.2. The standard InChI is InChI=1S/C17H22Cl2N2O2/c1-3-7-21(8-4-2)17(23)13-10-12(13)16(22)20-15-6-5-11(18)9-14(15)19/h5-6,9,12-13H,3-4,7-8,10H2,1-2H3,(H,20,22). The maximum Gasteiger partial charge on any atom is 0.228 e. The molecule has 1 fully saturated rings. The lowest BCUT2D eigenvalue weighted by Crippen LogP contribution is -2.34. The van der Waals surface area contributed by atoms with Crippen LogP contribution in [0.3, 0.4) is 0 Å². The van der Waals surface area contributed by atoms with Crippen LogP contribution in [0.5, 0.6) is 0 Å². The fraction of sp³-hybridized carbons (Fsp3) is 0.529. The van der Waals surface area contributed by atoms with Gasteiger partial charge in [-0.3, -0.25) is 9.59 Å². The molecule has 2 rings (SSSR count). The molecule has 1 saturated carbocycles. The van der Waals surface area contributed by atoms with Gasteiger partial charge in [0.15, 0.2) is 0 Å². The summed E-state index contributed by atoms with van der Waals surface area (Å²) in [5, 5.41) is 3.70. The van der Waals surface area contributed by atoms with Gasteiger partial charge in [-0.2, -0.15) is 0 Å². The van der Waals surface area contributed by atoms with Crippen LogP contribution in [0.25, 0.3) is 0 Å². The summed E-state index contributed by atoms with van der Waals surface area (Å²) in [7, 11) is 0. The zero-order valence-electron chi connectivity index (χ0n) is 13.4. The van der Waals surface area contributed by atoms with Crippen LogP contribution in [0.1, 0.15) is 33.1 Å². The summed E-state index contributed by atoms with van der Waals surface area (Å²) in [5.41, 5.74) is 0.526. The topological polar surface area (TPSA) is 49.4 Å². The number of carbonyl (C=O) groups excluding carboxylic acids is 2. The highest BCUT2D eigenvalue weighted by molar-refractivity contribution is 6.36. The molecular formula is C17H22Cl2N2O2.